The highest BCUT2D eigenvalue weighted by Crippen LogP contribution is 2.11. The fourth-order valence-electron chi connectivity index (χ4n) is 1.75. The zero-order chi connectivity index (χ0) is 14.3. The summed E-state index contributed by atoms with van der Waals surface area (Å²) in [6.07, 6.45) is 9.28. The van der Waals surface area contributed by atoms with Crippen LogP contribution in [0.15, 0.2) is 18.7 Å². The van der Waals surface area contributed by atoms with E-state index in [-0.39, 0.29) is 5.97 Å². The molecule has 0 fully saturated rings. The Bertz CT molecular complexity index is 369. The molecular formula is C14H25N3O2. The van der Waals surface area contributed by atoms with Gasteiger partial charge in [0.15, 0.2) is 0 Å². The van der Waals surface area contributed by atoms with Gasteiger partial charge in [0, 0.05) is 18.9 Å². The quantitative estimate of drug-likeness (QED) is 0.607. The van der Waals surface area contributed by atoms with Crippen LogP contribution in [0.4, 0.5) is 0 Å². The second-order valence-corrected chi connectivity index (χ2v) is 5.79. The number of carbonyl (C=O) groups excluding carboxylic acids is 1. The molecule has 0 spiro atoms. The van der Waals surface area contributed by atoms with Gasteiger partial charge in [0.25, 0.3) is 0 Å². The van der Waals surface area contributed by atoms with Gasteiger partial charge >= 0.3 is 5.97 Å². The Labute approximate surface area is 115 Å². The maximum absolute atomic E-state index is 11.6. The van der Waals surface area contributed by atoms with Gasteiger partial charge in [0.2, 0.25) is 0 Å². The second-order valence-electron chi connectivity index (χ2n) is 5.79. The highest BCUT2D eigenvalue weighted by atomic mass is 16.6. The number of rotatable bonds is 7. The first-order valence-corrected chi connectivity index (χ1v) is 6.82. The number of imidazole rings is 1. The molecule has 0 saturated carbocycles. The van der Waals surface area contributed by atoms with Crippen molar-refractivity contribution >= 4 is 5.97 Å². The van der Waals surface area contributed by atoms with Gasteiger partial charge < -0.3 is 15.0 Å². The monoisotopic (exact) mass is 267 g/mol. The molecule has 0 bridgehead atoms. The van der Waals surface area contributed by atoms with Crippen LogP contribution in [0.2, 0.25) is 0 Å². The summed E-state index contributed by atoms with van der Waals surface area (Å²) < 4.78 is 7.29. The number of nitrogens with zero attached hydrogens (tertiary/aromatic N) is 2. The molecule has 0 aromatic carbocycles. The van der Waals surface area contributed by atoms with E-state index < -0.39 is 11.6 Å². The number of esters is 1. The summed E-state index contributed by atoms with van der Waals surface area (Å²) in [4.78, 5) is 15.6. The fourth-order valence-corrected chi connectivity index (χ4v) is 1.75. The van der Waals surface area contributed by atoms with Crippen LogP contribution in [0.3, 0.4) is 0 Å². The molecule has 0 aliphatic rings. The summed E-state index contributed by atoms with van der Waals surface area (Å²) in [6, 6.07) is -0.507. The van der Waals surface area contributed by atoms with E-state index in [9.17, 15) is 4.79 Å². The minimum atomic E-state index is -0.507. The van der Waals surface area contributed by atoms with Crippen LogP contribution in [0.1, 0.15) is 46.5 Å². The van der Waals surface area contributed by atoms with E-state index in [1.807, 2.05) is 37.9 Å². The van der Waals surface area contributed by atoms with Crippen LogP contribution in [0, 0.1) is 0 Å². The summed E-state index contributed by atoms with van der Waals surface area (Å²) in [6.45, 7) is 6.51. The van der Waals surface area contributed by atoms with Crippen molar-refractivity contribution in [2.45, 2.75) is 64.6 Å². The summed E-state index contributed by atoms with van der Waals surface area (Å²) in [5, 5.41) is 0. The van der Waals surface area contributed by atoms with E-state index in [2.05, 4.69) is 4.98 Å². The van der Waals surface area contributed by atoms with Gasteiger partial charge in [-0.05, 0) is 33.6 Å². The van der Waals surface area contributed by atoms with E-state index in [1.165, 1.54) is 0 Å². The summed E-state index contributed by atoms with van der Waals surface area (Å²) in [7, 11) is 0. The van der Waals surface area contributed by atoms with Crippen LogP contribution < -0.4 is 5.73 Å². The Morgan fingerprint density at radius 3 is 2.68 bits per heavy atom. The first-order valence-electron chi connectivity index (χ1n) is 6.82. The van der Waals surface area contributed by atoms with Crippen molar-refractivity contribution in [1.82, 2.24) is 9.55 Å². The summed E-state index contributed by atoms with van der Waals surface area (Å²) in [5.41, 5.74) is 5.35. The minimum Gasteiger partial charge on any atom is -0.459 e. The van der Waals surface area contributed by atoms with Crippen molar-refractivity contribution in [2.75, 3.05) is 0 Å². The van der Waals surface area contributed by atoms with Crippen LogP contribution in [-0.4, -0.2) is 27.2 Å². The van der Waals surface area contributed by atoms with Crippen LogP contribution >= 0.6 is 0 Å². The van der Waals surface area contributed by atoms with Gasteiger partial charge in [-0.15, -0.1) is 0 Å². The average molecular weight is 267 g/mol. The van der Waals surface area contributed by atoms with E-state index in [4.69, 9.17) is 10.5 Å². The van der Waals surface area contributed by atoms with Gasteiger partial charge in [0.1, 0.15) is 11.6 Å². The fraction of sp³-hybridized carbons (Fsp3) is 0.714. The topological polar surface area (TPSA) is 70.1 Å². The number of aryl methyl sites for hydroxylation is 1. The molecule has 0 amide bonds. The van der Waals surface area contributed by atoms with Gasteiger partial charge in [-0.1, -0.05) is 12.8 Å². The van der Waals surface area contributed by atoms with Crippen molar-refractivity contribution in [2.24, 2.45) is 5.73 Å². The molecule has 19 heavy (non-hydrogen) atoms. The smallest absolute Gasteiger partial charge is 0.323 e. The molecule has 0 aliphatic carbocycles. The third kappa shape index (κ3) is 6.96. The number of aromatic nitrogens is 2. The van der Waals surface area contributed by atoms with Gasteiger partial charge in [-0.25, -0.2) is 4.98 Å². The minimum absolute atomic E-state index is 0.304. The maximum Gasteiger partial charge on any atom is 0.323 e. The van der Waals surface area contributed by atoms with E-state index in [1.54, 1.807) is 6.20 Å². The zero-order valence-corrected chi connectivity index (χ0v) is 12.1. The van der Waals surface area contributed by atoms with Gasteiger partial charge in [-0.2, -0.15) is 0 Å². The number of hydrogen-bond donors (Lipinski definition) is 1. The molecule has 0 radical (unpaired) electrons. The standard InChI is InChI=1S/C14H25N3O2/c1-14(2,3)19-13(18)12(15)7-5-4-6-9-17-10-8-16-11-17/h8,10-12H,4-7,9,15H2,1-3H3. The lowest BCUT2D eigenvalue weighted by Gasteiger charge is -2.22. The second kappa shape index (κ2) is 7.28. The normalized spacial score (nSPS) is 13.3. The van der Waals surface area contributed by atoms with E-state index in [0.29, 0.717) is 6.42 Å². The number of ether oxygens (including phenoxy) is 1. The van der Waals surface area contributed by atoms with Gasteiger partial charge in [-0.3, -0.25) is 4.79 Å². The number of hydrogen-bond acceptors (Lipinski definition) is 4. The molecule has 1 heterocycles. The van der Waals surface area contributed by atoms with Crippen LogP contribution in [0.25, 0.3) is 0 Å². The highest BCUT2D eigenvalue weighted by Gasteiger charge is 2.21. The number of nitrogens with two attached hydrogens (primary N) is 1. The lowest BCUT2D eigenvalue weighted by atomic mass is 10.1. The van der Waals surface area contributed by atoms with Crippen molar-refractivity contribution in [1.29, 1.82) is 0 Å². The van der Waals surface area contributed by atoms with Crippen molar-refractivity contribution in [3.05, 3.63) is 18.7 Å². The first kappa shape index (κ1) is 15.7. The molecule has 1 aromatic rings. The predicted octanol–water partition coefficient (Wildman–Crippen LogP) is 2.11. The SMILES string of the molecule is CC(C)(C)OC(=O)C(N)CCCCCn1ccnc1. The van der Waals surface area contributed by atoms with Crippen molar-refractivity contribution in [3.63, 3.8) is 0 Å². The predicted molar refractivity (Wildman–Crippen MR) is 74.5 cm³/mol. The van der Waals surface area contributed by atoms with Crippen LogP contribution in [-0.2, 0) is 16.1 Å². The molecule has 2 N–H and O–H groups in total. The number of carbonyl (C=O) groups is 1. The Morgan fingerprint density at radius 1 is 1.37 bits per heavy atom. The average Bonchev–Trinajstić information content (AvgIpc) is 2.79. The van der Waals surface area contributed by atoms with Crippen molar-refractivity contribution < 1.29 is 9.53 Å². The zero-order valence-electron chi connectivity index (χ0n) is 12.1. The largest absolute Gasteiger partial charge is 0.459 e. The molecule has 5 nitrogen and oxygen atoms in total. The first-order chi connectivity index (χ1) is 8.88. The molecule has 5 heteroatoms. The molecule has 1 aromatic heterocycles. The Hall–Kier alpha value is -1.36. The molecular weight excluding hydrogens is 242 g/mol. The van der Waals surface area contributed by atoms with Gasteiger partial charge in [0.05, 0.1) is 6.33 Å². The molecule has 108 valence electrons. The third-order valence-electron chi connectivity index (χ3n) is 2.70. The van der Waals surface area contributed by atoms with E-state index in [0.717, 1.165) is 25.8 Å². The lowest BCUT2D eigenvalue weighted by Crippen LogP contribution is -2.37. The van der Waals surface area contributed by atoms with Crippen molar-refractivity contribution in [3.8, 4) is 0 Å². The Kier molecular flexibility index (Phi) is 6.02. The summed E-state index contributed by atoms with van der Waals surface area (Å²) in [5.74, 6) is -0.304. The van der Waals surface area contributed by atoms with Crippen LogP contribution in [0.5, 0.6) is 0 Å². The molecule has 0 saturated heterocycles. The molecule has 1 rings (SSSR count). The molecule has 0 aliphatic heterocycles. The molecule has 1 atom stereocenters. The molecule has 1 unspecified atom stereocenters. The highest BCUT2D eigenvalue weighted by molar-refractivity contribution is 5.75. The summed E-state index contributed by atoms with van der Waals surface area (Å²) >= 11 is 0. The lowest BCUT2D eigenvalue weighted by molar-refractivity contribution is -0.156. The third-order valence-corrected chi connectivity index (χ3v) is 2.70. The van der Waals surface area contributed by atoms with E-state index >= 15 is 0 Å². The number of unbranched alkanes of at least 4 members (excludes halogenated alkanes) is 2. The Morgan fingerprint density at radius 2 is 2.11 bits per heavy atom. The Balaban J connectivity index is 2.10. The maximum atomic E-state index is 11.6.